The van der Waals surface area contributed by atoms with E-state index in [2.05, 4.69) is 9.47 Å². The molecule has 0 bridgehead atoms. The molecule has 16 heavy (non-hydrogen) atoms. The summed E-state index contributed by atoms with van der Waals surface area (Å²) in [6, 6.07) is 0. The molecule has 0 saturated carbocycles. The van der Waals surface area contributed by atoms with E-state index in [-0.39, 0.29) is 0 Å². The molecule has 0 aliphatic heterocycles. The number of alkyl halides is 3. The number of esters is 1. The second-order valence-corrected chi connectivity index (χ2v) is 3.57. The Morgan fingerprint density at radius 3 is 1.44 bits per heavy atom. The smallest absolute Gasteiger partial charge is 0.444 e. The van der Waals surface area contributed by atoms with Crippen LogP contribution in [0.15, 0.2) is 0 Å². The lowest BCUT2D eigenvalue weighted by atomic mass is 10.2. The summed E-state index contributed by atoms with van der Waals surface area (Å²) in [5, 5.41) is 0. The maximum Gasteiger partial charge on any atom is 0.575 e. The van der Waals surface area contributed by atoms with E-state index in [9.17, 15) is 22.8 Å². The largest absolute Gasteiger partial charge is 0.575 e. The summed E-state index contributed by atoms with van der Waals surface area (Å²) < 4.78 is 40.0. The first-order valence-corrected chi connectivity index (χ1v) is 4.08. The van der Waals surface area contributed by atoms with Crippen LogP contribution >= 0.6 is 0 Å². The summed E-state index contributed by atoms with van der Waals surface area (Å²) in [7, 11) is 0. The molecule has 8 heteroatoms. The van der Waals surface area contributed by atoms with Crippen molar-refractivity contribution in [2.45, 2.75) is 39.7 Å². The van der Waals surface area contributed by atoms with Gasteiger partial charge in [-0.1, -0.05) is 0 Å². The molecule has 0 aromatic carbocycles. The Bertz CT molecular complexity index is 219. The van der Waals surface area contributed by atoms with Gasteiger partial charge in [-0.05, 0) is 20.8 Å². The molecule has 2 N–H and O–H groups in total. The molecule has 0 saturated heterocycles. The lowest BCUT2D eigenvalue weighted by molar-refractivity contribution is -0.304. The van der Waals surface area contributed by atoms with E-state index in [4.69, 9.17) is 5.73 Å². The van der Waals surface area contributed by atoms with Gasteiger partial charge in [-0.15, -0.1) is 13.2 Å². The van der Waals surface area contributed by atoms with Crippen molar-refractivity contribution in [1.29, 1.82) is 0 Å². The third-order valence-corrected chi connectivity index (χ3v) is 0.666. The maximum atomic E-state index is 10.9. The fourth-order valence-electron chi connectivity index (χ4n) is 0.465. The molecule has 0 heterocycles. The highest BCUT2D eigenvalue weighted by molar-refractivity contribution is 5.66. The summed E-state index contributed by atoms with van der Waals surface area (Å²) in [5.41, 5.74) is 4.26. The predicted molar refractivity (Wildman–Crippen MR) is 48.2 cm³/mol. The van der Waals surface area contributed by atoms with Crippen LogP contribution in [-0.4, -0.2) is 24.0 Å². The van der Waals surface area contributed by atoms with Gasteiger partial charge in [0, 0.05) is 6.92 Å². The van der Waals surface area contributed by atoms with E-state index < -0.39 is 24.0 Å². The van der Waals surface area contributed by atoms with Crippen LogP contribution in [-0.2, 0) is 14.3 Å². The zero-order chi connectivity index (χ0) is 13.6. The van der Waals surface area contributed by atoms with Crippen LogP contribution in [0.5, 0.6) is 0 Å². The third kappa shape index (κ3) is 22.9. The fraction of sp³-hybridized carbons (Fsp3) is 0.750. The normalized spacial score (nSPS) is 10.9. The van der Waals surface area contributed by atoms with Gasteiger partial charge in [0.25, 0.3) is 0 Å². The van der Waals surface area contributed by atoms with Crippen LogP contribution in [0.3, 0.4) is 0 Å². The monoisotopic (exact) mass is 245 g/mol. The van der Waals surface area contributed by atoms with Crippen LogP contribution in [0, 0.1) is 0 Å². The Kier molecular flexibility index (Phi) is 6.55. The van der Waals surface area contributed by atoms with Crippen molar-refractivity contribution < 1.29 is 32.2 Å². The SMILES string of the molecule is CC(=O)OC(F)(F)F.CC(C)(C)OC(N)=O. The number of rotatable bonds is 0. The molecular weight excluding hydrogens is 231 g/mol. The van der Waals surface area contributed by atoms with Crippen molar-refractivity contribution in [2.75, 3.05) is 0 Å². The Labute approximate surface area is 90.7 Å². The summed E-state index contributed by atoms with van der Waals surface area (Å²) in [4.78, 5) is 19.5. The van der Waals surface area contributed by atoms with Crippen molar-refractivity contribution in [3.63, 3.8) is 0 Å². The topological polar surface area (TPSA) is 78.6 Å². The Morgan fingerprint density at radius 1 is 1.06 bits per heavy atom. The van der Waals surface area contributed by atoms with Gasteiger partial charge in [0.15, 0.2) is 0 Å². The fourth-order valence-corrected chi connectivity index (χ4v) is 0.465. The molecule has 0 atom stereocenters. The van der Waals surface area contributed by atoms with Gasteiger partial charge in [-0.2, -0.15) is 0 Å². The predicted octanol–water partition coefficient (Wildman–Crippen LogP) is 1.95. The van der Waals surface area contributed by atoms with Gasteiger partial charge in [-0.25, -0.2) is 4.79 Å². The molecule has 1 amide bonds. The van der Waals surface area contributed by atoms with Crippen LogP contribution in [0.1, 0.15) is 27.7 Å². The Hall–Kier alpha value is -1.47. The summed E-state index contributed by atoms with van der Waals surface area (Å²) >= 11 is 0. The molecule has 0 radical (unpaired) electrons. The van der Waals surface area contributed by atoms with E-state index in [1.807, 2.05) is 0 Å². The number of halogens is 3. The standard InChI is InChI=1S/C5H11NO2.C3H3F3O2/c1-5(2,3)8-4(6)7;1-2(7)8-3(4,5)6/h1-3H3,(H2,6,7);1H3. The molecule has 0 aromatic heterocycles. The summed E-state index contributed by atoms with van der Waals surface area (Å²) in [6.45, 7) is 5.97. The highest BCUT2D eigenvalue weighted by Gasteiger charge is 2.32. The average Bonchev–Trinajstić information content (AvgIpc) is 1.72. The van der Waals surface area contributed by atoms with Crippen LogP contribution in [0.2, 0.25) is 0 Å². The van der Waals surface area contributed by atoms with Crippen molar-refractivity contribution in [3.8, 4) is 0 Å². The molecule has 0 unspecified atom stereocenters. The molecule has 5 nitrogen and oxygen atoms in total. The molecule has 0 fully saturated rings. The van der Waals surface area contributed by atoms with Crippen LogP contribution in [0.4, 0.5) is 18.0 Å². The van der Waals surface area contributed by atoms with Gasteiger partial charge in [0.1, 0.15) is 5.60 Å². The number of hydrogen-bond acceptors (Lipinski definition) is 4. The lowest BCUT2D eigenvalue weighted by Gasteiger charge is -2.16. The number of carbonyl (C=O) groups is 2. The van der Waals surface area contributed by atoms with Gasteiger partial charge in [-0.3, -0.25) is 4.79 Å². The van der Waals surface area contributed by atoms with Crippen molar-refractivity contribution in [3.05, 3.63) is 0 Å². The Balaban J connectivity index is 0. The van der Waals surface area contributed by atoms with E-state index in [1.54, 1.807) is 20.8 Å². The van der Waals surface area contributed by atoms with Crippen molar-refractivity contribution in [1.82, 2.24) is 0 Å². The van der Waals surface area contributed by atoms with Crippen molar-refractivity contribution in [2.24, 2.45) is 5.73 Å². The number of primary amides is 1. The summed E-state index contributed by atoms with van der Waals surface area (Å²) in [6.07, 6.45) is -5.55. The van der Waals surface area contributed by atoms with E-state index in [1.165, 1.54) is 0 Å². The van der Waals surface area contributed by atoms with Gasteiger partial charge >= 0.3 is 18.4 Å². The van der Waals surface area contributed by atoms with E-state index >= 15 is 0 Å². The minimum Gasteiger partial charge on any atom is -0.444 e. The molecule has 0 aliphatic rings. The number of nitrogens with two attached hydrogens (primary N) is 1. The quantitative estimate of drug-likeness (QED) is 0.661. The van der Waals surface area contributed by atoms with E-state index in [0.717, 1.165) is 0 Å². The zero-order valence-electron chi connectivity index (χ0n) is 9.34. The average molecular weight is 245 g/mol. The molecule has 0 aromatic rings. The second kappa shape index (κ2) is 6.19. The van der Waals surface area contributed by atoms with Gasteiger partial charge in [0.2, 0.25) is 0 Å². The third-order valence-electron chi connectivity index (χ3n) is 0.666. The van der Waals surface area contributed by atoms with Crippen molar-refractivity contribution >= 4 is 12.1 Å². The first kappa shape index (κ1) is 16.9. The van der Waals surface area contributed by atoms with Crippen LogP contribution in [0.25, 0.3) is 0 Å². The number of amides is 1. The second-order valence-electron chi connectivity index (χ2n) is 3.57. The number of hydrogen-bond donors (Lipinski definition) is 1. The number of ether oxygens (including phenoxy) is 2. The first-order chi connectivity index (χ1) is 6.83. The zero-order valence-corrected chi connectivity index (χ0v) is 9.34. The minimum atomic E-state index is -4.83. The summed E-state index contributed by atoms with van der Waals surface area (Å²) in [5.74, 6) is -1.35. The molecule has 0 aliphatic carbocycles. The van der Waals surface area contributed by atoms with Gasteiger partial charge < -0.3 is 15.2 Å². The molecular formula is C8H14F3NO4. The minimum absolute atomic E-state index is 0.453. The number of carbonyl (C=O) groups excluding carboxylic acids is 2. The van der Waals surface area contributed by atoms with Crippen LogP contribution < -0.4 is 5.73 Å². The lowest BCUT2D eigenvalue weighted by Crippen LogP contribution is -2.27. The highest BCUT2D eigenvalue weighted by Crippen LogP contribution is 2.15. The highest BCUT2D eigenvalue weighted by atomic mass is 19.4. The van der Waals surface area contributed by atoms with Gasteiger partial charge in [0.05, 0.1) is 0 Å². The van der Waals surface area contributed by atoms with E-state index in [0.29, 0.717) is 6.92 Å². The first-order valence-electron chi connectivity index (χ1n) is 4.08. The molecule has 96 valence electrons. The molecule has 0 spiro atoms. The Morgan fingerprint density at radius 2 is 1.44 bits per heavy atom. The maximum absolute atomic E-state index is 10.9. The molecule has 0 rings (SSSR count).